The van der Waals surface area contributed by atoms with Gasteiger partial charge in [-0.1, -0.05) is 12.1 Å². The summed E-state index contributed by atoms with van der Waals surface area (Å²) in [5, 5.41) is 5.26. The lowest BCUT2D eigenvalue weighted by Gasteiger charge is -2.27. The molecule has 7 heteroatoms. The van der Waals surface area contributed by atoms with Gasteiger partial charge in [0.25, 0.3) is 5.91 Å². The number of nitrogens with one attached hydrogen (secondary N) is 2. The number of urea groups is 1. The van der Waals surface area contributed by atoms with Crippen LogP contribution < -0.4 is 15.5 Å². The van der Waals surface area contributed by atoms with Crippen LogP contribution in [0.5, 0.6) is 0 Å². The van der Waals surface area contributed by atoms with Crippen molar-refractivity contribution in [1.29, 1.82) is 0 Å². The number of benzene rings is 2. The van der Waals surface area contributed by atoms with Crippen LogP contribution in [0, 0.1) is 11.6 Å². The molecule has 0 bridgehead atoms. The quantitative estimate of drug-likeness (QED) is 0.908. The topological polar surface area (TPSA) is 61.4 Å². The van der Waals surface area contributed by atoms with Crippen molar-refractivity contribution in [2.24, 2.45) is 0 Å². The summed E-state index contributed by atoms with van der Waals surface area (Å²) in [6.45, 7) is 1.20. The molecule has 24 heavy (non-hydrogen) atoms. The predicted octanol–water partition coefficient (Wildman–Crippen LogP) is 3.14. The summed E-state index contributed by atoms with van der Waals surface area (Å²) in [4.78, 5) is 25.6. The molecule has 2 N–H and O–H groups in total. The van der Waals surface area contributed by atoms with Crippen molar-refractivity contribution < 1.29 is 18.4 Å². The second-order valence-corrected chi connectivity index (χ2v) is 5.34. The average molecular weight is 331 g/mol. The molecule has 0 aromatic heterocycles. The molecule has 5 nitrogen and oxygen atoms in total. The van der Waals surface area contributed by atoms with Gasteiger partial charge in [0.1, 0.15) is 0 Å². The van der Waals surface area contributed by atoms with Crippen LogP contribution in [0.1, 0.15) is 16.8 Å². The van der Waals surface area contributed by atoms with E-state index < -0.39 is 17.5 Å². The van der Waals surface area contributed by atoms with Gasteiger partial charge in [-0.2, -0.15) is 0 Å². The lowest BCUT2D eigenvalue weighted by atomic mass is 10.1. The van der Waals surface area contributed by atoms with Gasteiger partial charge in [0, 0.05) is 24.5 Å². The van der Waals surface area contributed by atoms with Crippen molar-refractivity contribution in [3.05, 3.63) is 59.7 Å². The highest BCUT2D eigenvalue weighted by atomic mass is 19.2. The van der Waals surface area contributed by atoms with E-state index in [0.717, 1.165) is 12.5 Å². The third kappa shape index (κ3) is 3.19. The van der Waals surface area contributed by atoms with Crippen LogP contribution in [0.4, 0.5) is 25.0 Å². The summed E-state index contributed by atoms with van der Waals surface area (Å²) in [6.07, 6.45) is 0.816. The fourth-order valence-corrected chi connectivity index (χ4v) is 2.50. The van der Waals surface area contributed by atoms with Crippen molar-refractivity contribution in [3.63, 3.8) is 0 Å². The first-order valence-corrected chi connectivity index (χ1v) is 7.47. The molecule has 0 aliphatic carbocycles. The lowest BCUT2D eigenvalue weighted by Crippen LogP contribution is -2.46. The van der Waals surface area contributed by atoms with Crippen LogP contribution in [-0.4, -0.2) is 25.0 Å². The minimum atomic E-state index is -1.19. The molecular formula is C17H15F2N3O2. The maximum absolute atomic E-state index is 13.7. The Kier molecular flexibility index (Phi) is 4.41. The van der Waals surface area contributed by atoms with E-state index in [4.69, 9.17) is 0 Å². The zero-order chi connectivity index (χ0) is 17.1. The Morgan fingerprint density at radius 1 is 1.17 bits per heavy atom. The van der Waals surface area contributed by atoms with Gasteiger partial charge in [0.15, 0.2) is 11.6 Å². The molecule has 1 aliphatic rings. The highest BCUT2D eigenvalue weighted by Gasteiger charge is 2.20. The molecule has 1 aliphatic heterocycles. The third-order valence-corrected chi connectivity index (χ3v) is 3.69. The Bertz CT molecular complexity index is 795. The zero-order valence-corrected chi connectivity index (χ0v) is 12.7. The monoisotopic (exact) mass is 331 g/mol. The molecule has 0 radical (unpaired) electrons. The van der Waals surface area contributed by atoms with E-state index in [2.05, 4.69) is 10.6 Å². The minimum absolute atomic E-state index is 0.207. The molecule has 1 saturated heterocycles. The predicted molar refractivity (Wildman–Crippen MR) is 86.1 cm³/mol. The molecule has 0 atom stereocenters. The van der Waals surface area contributed by atoms with Gasteiger partial charge < -0.3 is 10.6 Å². The molecule has 0 spiro atoms. The van der Waals surface area contributed by atoms with Crippen molar-refractivity contribution in [1.82, 2.24) is 5.32 Å². The Balaban J connectivity index is 1.80. The Labute approximate surface area is 137 Å². The fourth-order valence-electron chi connectivity index (χ4n) is 2.50. The second kappa shape index (κ2) is 6.66. The number of hydrogen-bond donors (Lipinski definition) is 2. The van der Waals surface area contributed by atoms with Crippen LogP contribution >= 0.6 is 0 Å². The SMILES string of the molecule is O=C(Nc1cccc(N2CCCNC2=O)c1)c1cccc(F)c1F. The van der Waals surface area contributed by atoms with Gasteiger partial charge in [-0.3, -0.25) is 9.69 Å². The highest BCUT2D eigenvalue weighted by molar-refractivity contribution is 6.05. The van der Waals surface area contributed by atoms with Gasteiger partial charge >= 0.3 is 6.03 Å². The van der Waals surface area contributed by atoms with Crippen molar-refractivity contribution in [3.8, 4) is 0 Å². The van der Waals surface area contributed by atoms with E-state index in [1.165, 1.54) is 12.1 Å². The summed E-state index contributed by atoms with van der Waals surface area (Å²) in [7, 11) is 0. The summed E-state index contributed by atoms with van der Waals surface area (Å²) < 4.78 is 26.9. The second-order valence-electron chi connectivity index (χ2n) is 5.34. The number of amides is 3. The number of hydrogen-bond acceptors (Lipinski definition) is 2. The number of carbonyl (C=O) groups excluding carboxylic acids is 2. The normalized spacial score (nSPS) is 14.2. The maximum Gasteiger partial charge on any atom is 0.321 e. The highest BCUT2D eigenvalue weighted by Crippen LogP contribution is 2.22. The fraction of sp³-hybridized carbons (Fsp3) is 0.176. The van der Waals surface area contributed by atoms with E-state index in [9.17, 15) is 18.4 Å². The number of rotatable bonds is 3. The first-order chi connectivity index (χ1) is 11.6. The van der Waals surface area contributed by atoms with Gasteiger partial charge in [-0.25, -0.2) is 13.6 Å². The van der Waals surface area contributed by atoms with Crippen molar-refractivity contribution in [2.75, 3.05) is 23.3 Å². The molecular weight excluding hydrogens is 316 g/mol. The molecule has 2 aromatic rings. The largest absolute Gasteiger partial charge is 0.338 e. The van der Waals surface area contributed by atoms with Crippen molar-refractivity contribution in [2.45, 2.75) is 6.42 Å². The molecule has 0 unspecified atom stereocenters. The van der Waals surface area contributed by atoms with Crippen LogP contribution in [-0.2, 0) is 0 Å². The number of halogens is 2. The van der Waals surface area contributed by atoms with Gasteiger partial charge in [0.05, 0.1) is 5.56 Å². The van der Waals surface area contributed by atoms with Crippen LogP contribution in [0.3, 0.4) is 0 Å². The molecule has 124 valence electrons. The Hall–Kier alpha value is -2.96. The summed E-state index contributed by atoms with van der Waals surface area (Å²) >= 11 is 0. The Morgan fingerprint density at radius 3 is 2.75 bits per heavy atom. The first-order valence-electron chi connectivity index (χ1n) is 7.47. The summed E-state index contributed by atoms with van der Waals surface area (Å²) in [5.74, 6) is -3.03. The molecule has 1 fully saturated rings. The maximum atomic E-state index is 13.7. The molecule has 2 aromatic carbocycles. The molecule has 1 heterocycles. The van der Waals surface area contributed by atoms with Crippen LogP contribution in [0.25, 0.3) is 0 Å². The smallest absolute Gasteiger partial charge is 0.321 e. The number of nitrogens with zero attached hydrogens (tertiary/aromatic N) is 1. The standard InChI is InChI=1S/C17H15F2N3O2/c18-14-7-2-6-13(15(14)19)16(23)21-11-4-1-5-12(10-11)22-9-3-8-20-17(22)24/h1-2,4-7,10H,3,8-9H2,(H,20,24)(H,21,23). The van der Waals surface area contributed by atoms with E-state index in [-0.39, 0.29) is 11.6 Å². The number of carbonyl (C=O) groups is 2. The Morgan fingerprint density at radius 2 is 1.96 bits per heavy atom. The minimum Gasteiger partial charge on any atom is -0.338 e. The van der Waals surface area contributed by atoms with Gasteiger partial charge in [0.2, 0.25) is 0 Å². The first kappa shape index (κ1) is 15.9. The van der Waals surface area contributed by atoms with E-state index in [1.807, 2.05) is 0 Å². The van der Waals surface area contributed by atoms with Crippen LogP contribution in [0.2, 0.25) is 0 Å². The van der Waals surface area contributed by atoms with Crippen molar-refractivity contribution >= 4 is 23.3 Å². The molecule has 3 amide bonds. The van der Waals surface area contributed by atoms with E-state index >= 15 is 0 Å². The van der Waals surface area contributed by atoms with E-state index in [1.54, 1.807) is 29.2 Å². The third-order valence-electron chi connectivity index (χ3n) is 3.69. The number of anilines is 2. The lowest BCUT2D eigenvalue weighted by molar-refractivity contribution is 0.102. The summed E-state index contributed by atoms with van der Waals surface area (Å²) in [5.41, 5.74) is 0.625. The molecule has 3 rings (SSSR count). The average Bonchev–Trinajstić information content (AvgIpc) is 2.58. The summed E-state index contributed by atoms with van der Waals surface area (Å²) in [6, 6.07) is 9.85. The molecule has 0 saturated carbocycles. The zero-order valence-electron chi connectivity index (χ0n) is 12.7. The van der Waals surface area contributed by atoms with E-state index in [0.29, 0.717) is 24.5 Å². The van der Waals surface area contributed by atoms with Gasteiger partial charge in [-0.05, 0) is 36.8 Å². The van der Waals surface area contributed by atoms with Crippen LogP contribution in [0.15, 0.2) is 42.5 Å². The van der Waals surface area contributed by atoms with Gasteiger partial charge in [-0.15, -0.1) is 0 Å².